The molecule has 2 atom stereocenters. The van der Waals surface area contributed by atoms with Gasteiger partial charge in [-0.05, 0) is 30.9 Å². The van der Waals surface area contributed by atoms with Gasteiger partial charge in [-0.1, -0.05) is 6.08 Å². The van der Waals surface area contributed by atoms with Crippen molar-refractivity contribution in [2.45, 2.75) is 6.42 Å². The predicted molar refractivity (Wildman–Crippen MR) is 64.4 cm³/mol. The van der Waals surface area contributed by atoms with Crippen molar-refractivity contribution in [1.29, 1.82) is 0 Å². The first-order chi connectivity index (χ1) is 7.81. The number of hydrogen-bond donors (Lipinski definition) is 0. The summed E-state index contributed by atoms with van der Waals surface area (Å²) >= 11 is 0. The second-order valence-electron chi connectivity index (χ2n) is 5.64. The number of fused-ring (bicyclic) bond motifs is 1. The molecule has 3 nitrogen and oxygen atoms in total. The van der Waals surface area contributed by atoms with Crippen LogP contribution in [0.3, 0.4) is 0 Å². The second kappa shape index (κ2) is 4.47. The summed E-state index contributed by atoms with van der Waals surface area (Å²) in [4.78, 5) is 5.11. The molecule has 3 rings (SSSR count). The zero-order valence-corrected chi connectivity index (χ0v) is 10.2. The summed E-state index contributed by atoms with van der Waals surface area (Å²) < 4.78 is 5.50. The normalized spacial score (nSPS) is 36.4. The Hall–Kier alpha value is -0.380. The summed E-state index contributed by atoms with van der Waals surface area (Å²) in [6.07, 6.45) is 3.49. The molecule has 0 saturated carbocycles. The minimum Gasteiger partial charge on any atom is -0.377 e. The molecule has 3 aliphatic heterocycles. The van der Waals surface area contributed by atoms with Gasteiger partial charge in [-0.15, -0.1) is 0 Å². The summed E-state index contributed by atoms with van der Waals surface area (Å²) in [5.74, 6) is 1.85. The minimum atomic E-state index is 0.867. The number of rotatable bonds is 2. The molecule has 0 aromatic heterocycles. The van der Waals surface area contributed by atoms with E-state index >= 15 is 0 Å². The van der Waals surface area contributed by atoms with Gasteiger partial charge in [0.1, 0.15) is 0 Å². The van der Waals surface area contributed by atoms with Crippen LogP contribution in [0.25, 0.3) is 0 Å². The maximum atomic E-state index is 5.50. The molecule has 0 spiro atoms. The molecule has 2 fully saturated rings. The minimum absolute atomic E-state index is 0.867. The molecule has 0 N–H and O–H groups in total. The molecule has 3 heterocycles. The van der Waals surface area contributed by atoms with Crippen molar-refractivity contribution in [3.8, 4) is 0 Å². The lowest BCUT2D eigenvalue weighted by Crippen LogP contribution is -2.29. The Bertz CT molecular complexity index is 276. The van der Waals surface area contributed by atoms with E-state index in [2.05, 4.69) is 22.9 Å². The maximum Gasteiger partial charge on any atom is 0.0689 e. The van der Waals surface area contributed by atoms with E-state index in [1.807, 2.05) is 0 Å². The van der Waals surface area contributed by atoms with E-state index in [-0.39, 0.29) is 0 Å². The van der Waals surface area contributed by atoms with Crippen molar-refractivity contribution >= 4 is 0 Å². The van der Waals surface area contributed by atoms with Gasteiger partial charge in [0.05, 0.1) is 13.2 Å². The largest absolute Gasteiger partial charge is 0.377 e. The van der Waals surface area contributed by atoms with Crippen LogP contribution < -0.4 is 0 Å². The highest BCUT2D eigenvalue weighted by atomic mass is 16.5. The fraction of sp³-hybridized carbons (Fsp3) is 0.846. The highest BCUT2D eigenvalue weighted by Crippen LogP contribution is 2.30. The number of likely N-dealkylation sites (tertiary alicyclic amines) is 2. The number of hydrogen-bond acceptors (Lipinski definition) is 3. The van der Waals surface area contributed by atoms with Crippen LogP contribution >= 0.6 is 0 Å². The number of ether oxygens (including phenoxy) is 1. The lowest BCUT2D eigenvalue weighted by atomic mass is 10.0. The Labute approximate surface area is 98.0 Å². The molecule has 0 unspecified atom stereocenters. The molecule has 3 heteroatoms. The van der Waals surface area contributed by atoms with Crippen molar-refractivity contribution in [3.05, 3.63) is 11.6 Å². The molecule has 0 amide bonds. The van der Waals surface area contributed by atoms with E-state index in [0.29, 0.717) is 0 Å². The molecular formula is C13H22N2O. The van der Waals surface area contributed by atoms with Crippen LogP contribution in [0.4, 0.5) is 0 Å². The van der Waals surface area contributed by atoms with Gasteiger partial charge in [0, 0.05) is 32.7 Å². The first kappa shape index (κ1) is 10.8. The summed E-state index contributed by atoms with van der Waals surface area (Å²) in [6, 6.07) is 0. The molecule has 0 aliphatic carbocycles. The smallest absolute Gasteiger partial charge is 0.0689 e. The molecule has 3 aliphatic rings. The zero-order valence-electron chi connectivity index (χ0n) is 10.2. The van der Waals surface area contributed by atoms with Crippen LogP contribution in [0.1, 0.15) is 6.42 Å². The van der Waals surface area contributed by atoms with Crippen LogP contribution in [-0.4, -0.2) is 62.8 Å². The van der Waals surface area contributed by atoms with Crippen LogP contribution in [0.2, 0.25) is 0 Å². The van der Waals surface area contributed by atoms with Crippen molar-refractivity contribution in [1.82, 2.24) is 9.80 Å². The van der Waals surface area contributed by atoms with Gasteiger partial charge in [-0.3, -0.25) is 4.90 Å². The van der Waals surface area contributed by atoms with Crippen LogP contribution in [0.15, 0.2) is 11.6 Å². The van der Waals surface area contributed by atoms with E-state index in [0.717, 1.165) is 38.0 Å². The fourth-order valence-electron chi connectivity index (χ4n) is 3.46. The Morgan fingerprint density at radius 3 is 2.62 bits per heavy atom. The van der Waals surface area contributed by atoms with Gasteiger partial charge >= 0.3 is 0 Å². The first-order valence-corrected chi connectivity index (χ1v) is 6.48. The number of nitrogens with zero attached hydrogens (tertiary/aromatic N) is 2. The molecule has 90 valence electrons. The van der Waals surface area contributed by atoms with Gasteiger partial charge in [-0.2, -0.15) is 0 Å². The highest BCUT2D eigenvalue weighted by Gasteiger charge is 2.38. The van der Waals surface area contributed by atoms with Crippen LogP contribution in [0, 0.1) is 11.8 Å². The van der Waals surface area contributed by atoms with Crippen molar-refractivity contribution < 1.29 is 4.74 Å². The Morgan fingerprint density at radius 1 is 1.25 bits per heavy atom. The average Bonchev–Trinajstić information content (AvgIpc) is 2.76. The van der Waals surface area contributed by atoms with Gasteiger partial charge in [0.15, 0.2) is 0 Å². The lowest BCUT2D eigenvalue weighted by molar-refractivity contribution is 0.143. The first-order valence-electron chi connectivity index (χ1n) is 6.48. The third-order valence-electron chi connectivity index (χ3n) is 4.15. The molecular weight excluding hydrogens is 200 g/mol. The Kier molecular flexibility index (Phi) is 3.01. The molecule has 0 bridgehead atoms. The fourth-order valence-corrected chi connectivity index (χ4v) is 3.46. The van der Waals surface area contributed by atoms with Crippen molar-refractivity contribution in [2.24, 2.45) is 11.8 Å². The highest BCUT2D eigenvalue weighted by molar-refractivity contribution is 5.08. The summed E-state index contributed by atoms with van der Waals surface area (Å²) in [7, 11) is 2.25. The molecule has 16 heavy (non-hydrogen) atoms. The molecule has 0 aromatic rings. The monoisotopic (exact) mass is 222 g/mol. The van der Waals surface area contributed by atoms with Gasteiger partial charge in [0.2, 0.25) is 0 Å². The lowest BCUT2D eigenvalue weighted by Gasteiger charge is -2.22. The zero-order chi connectivity index (χ0) is 11.0. The maximum absolute atomic E-state index is 5.50. The molecule has 0 radical (unpaired) electrons. The predicted octanol–water partition coefficient (Wildman–Crippen LogP) is 0.827. The van der Waals surface area contributed by atoms with E-state index in [4.69, 9.17) is 4.74 Å². The standard InChI is InChI=1S/C13H22N2O/c1-14-6-12-8-15(9-13(12)7-14)5-11-3-2-4-16-10-11/h3,12-13H,2,4-10H2,1H3/t12-,13+. The summed E-state index contributed by atoms with van der Waals surface area (Å²) in [5.41, 5.74) is 1.50. The van der Waals surface area contributed by atoms with Crippen LogP contribution in [-0.2, 0) is 4.74 Å². The van der Waals surface area contributed by atoms with E-state index in [1.165, 1.54) is 31.8 Å². The van der Waals surface area contributed by atoms with Crippen molar-refractivity contribution in [3.63, 3.8) is 0 Å². The van der Waals surface area contributed by atoms with Crippen molar-refractivity contribution in [2.75, 3.05) is 53.0 Å². The third kappa shape index (κ3) is 2.17. The topological polar surface area (TPSA) is 15.7 Å². The Balaban J connectivity index is 1.53. The second-order valence-corrected chi connectivity index (χ2v) is 5.64. The van der Waals surface area contributed by atoms with E-state index in [1.54, 1.807) is 0 Å². The average molecular weight is 222 g/mol. The van der Waals surface area contributed by atoms with Gasteiger partial charge in [0.25, 0.3) is 0 Å². The summed E-state index contributed by atoms with van der Waals surface area (Å²) in [5, 5.41) is 0. The third-order valence-corrected chi connectivity index (χ3v) is 4.15. The van der Waals surface area contributed by atoms with E-state index in [9.17, 15) is 0 Å². The summed E-state index contributed by atoms with van der Waals surface area (Å²) in [6.45, 7) is 8.13. The molecule has 0 aromatic carbocycles. The van der Waals surface area contributed by atoms with Gasteiger partial charge in [-0.25, -0.2) is 0 Å². The quantitative estimate of drug-likeness (QED) is 0.644. The Morgan fingerprint density at radius 2 is 2.00 bits per heavy atom. The SMILES string of the molecule is CN1C[C@@H]2CN(CC3=CCCOC3)C[C@@H]2C1. The van der Waals surface area contributed by atoms with Crippen LogP contribution in [0.5, 0.6) is 0 Å². The van der Waals surface area contributed by atoms with E-state index < -0.39 is 0 Å². The molecule has 2 saturated heterocycles. The van der Waals surface area contributed by atoms with Gasteiger partial charge < -0.3 is 9.64 Å².